The molecule has 0 aliphatic carbocycles. The van der Waals surface area contributed by atoms with Gasteiger partial charge in [-0.15, -0.1) is 0 Å². The SMILES string of the molecule is [Cl-].c1ccc2c(c1)ccc1c[n+]3c4ccc(N5CCCCC5)cc4ccc3n12. The maximum absolute atomic E-state index is 2.53. The Morgan fingerprint density at radius 1 is 0.750 bits per heavy atom. The van der Waals surface area contributed by atoms with E-state index in [-0.39, 0.29) is 12.4 Å². The molecule has 140 valence electrons. The van der Waals surface area contributed by atoms with Crippen LogP contribution in [0.3, 0.4) is 0 Å². The Balaban J connectivity index is 0.00000171. The first kappa shape index (κ1) is 17.3. The fourth-order valence-electron chi connectivity index (χ4n) is 4.64. The summed E-state index contributed by atoms with van der Waals surface area (Å²) in [5.74, 6) is 0. The number of hydrogen-bond donors (Lipinski definition) is 0. The molecule has 1 saturated heterocycles. The van der Waals surface area contributed by atoms with Crippen LogP contribution in [0.5, 0.6) is 0 Å². The molecule has 0 radical (unpaired) electrons. The molecule has 4 heteroatoms. The number of fused-ring (bicyclic) bond motifs is 7. The largest absolute Gasteiger partial charge is 1.00 e. The summed E-state index contributed by atoms with van der Waals surface area (Å²) in [6, 6.07) is 24.5. The van der Waals surface area contributed by atoms with Gasteiger partial charge in [-0.05, 0) is 61.7 Å². The first-order valence-electron chi connectivity index (χ1n) is 9.91. The van der Waals surface area contributed by atoms with Gasteiger partial charge in [0.2, 0.25) is 0 Å². The van der Waals surface area contributed by atoms with E-state index in [1.807, 2.05) is 0 Å². The van der Waals surface area contributed by atoms with E-state index >= 15 is 0 Å². The number of pyridine rings is 2. The van der Waals surface area contributed by atoms with Crippen LogP contribution in [-0.4, -0.2) is 17.5 Å². The molecular formula is C24H22ClN3. The quantitative estimate of drug-likeness (QED) is 0.400. The average molecular weight is 388 g/mol. The maximum atomic E-state index is 2.53. The summed E-state index contributed by atoms with van der Waals surface area (Å²) in [5.41, 5.74) is 6.31. The van der Waals surface area contributed by atoms with E-state index in [9.17, 15) is 0 Å². The van der Waals surface area contributed by atoms with Crippen molar-refractivity contribution in [2.75, 3.05) is 18.0 Å². The Morgan fingerprint density at radius 3 is 2.46 bits per heavy atom. The Hall–Kier alpha value is -2.78. The van der Waals surface area contributed by atoms with Gasteiger partial charge in [-0.2, -0.15) is 8.80 Å². The van der Waals surface area contributed by atoms with E-state index in [4.69, 9.17) is 0 Å². The van der Waals surface area contributed by atoms with Crippen molar-refractivity contribution >= 4 is 38.7 Å². The Bertz CT molecular complexity index is 1320. The number of halogens is 1. The lowest BCUT2D eigenvalue weighted by atomic mass is 10.1. The van der Waals surface area contributed by atoms with E-state index in [0.717, 1.165) is 0 Å². The Kier molecular flexibility index (Phi) is 4.13. The van der Waals surface area contributed by atoms with Gasteiger partial charge in [0.1, 0.15) is 17.2 Å². The molecule has 1 fully saturated rings. The summed E-state index contributed by atoms with van der Waals surface area (Å²) in [6.45, 7) is 2.37. The molecule has 3 aromatic heterocycles. The molecule has 2 aromatic carbocycles. The van der Waals surface area contributed by atoms with Gasteiger partial charge in [0, 0.05) is 35.6 Å². The van der Waals surface area contributed by atoms with Crippen LogP contribution in [-0.2, 0) is 0 Å². The molecule has 0 atom stereocenters. The highest BCUT2D eigenvalue weighted by Gasteiger charge is 2.18. The molecule has 6 rings (SSSR count). The number of nitrogens with zero attached hydrogens (tertiary/aromatic N) is 3. The van der Waals surface area contributed by atoms with Crippen molar-refractivity contribution in [3.63, 3.8) is 0 Å². The molecule has 0 N–H and O–H groups in total. The third-order valence-corrected chi connectivity index (χ3v) is 6.01. The number of benzene rings is 2. The van der Waals surface area contributed by atoms with E-state index in [2.05, 4.69) is 86.6 Å². The van der Waals surface area contributed by atoms with Crippen LogP contribution in [0, 0.1) is 0 Å². The van der Waals surface area contributed by atoms with Gasteiger partial charge < -0.3 is 17.3 Å². The van der Waals surface area contributed by atoms with Gasteiger partial charge in [-0.25, -0.2) is 0 Å². The van der Waals surface area contributed by atoms with Crippen LogP contribution in [0.1, 0.15) is 19.3 Å². The van der Waals surface area contributed by atoms with Crippen LogP contribution >= 0.6 is 0 Å². The molecule has 3 nitrogen and oxygen atoms in total. The predicted molar refractivity (Wildman–Crippen MR) is 112 cm³/mol. The second kappa shape index (κ2) is 6.68. The number of piperidine rings is 1. The fourth-order valence-corrected chi connectivity index (χ4v) is 4.64. The highest BCUT2D eigenvalue weighted by molar-refractivity contribution is 5.86. The summed E-state index contributed by atoms with van der Waals surface area (Å²) >= 11 is 0. The molecule has 0 unspecified atom stereocenters. The third-order valence-electron chi connectivity index (χ3n) is 6.01. The maximum Gasteiger partial charge on any atom is 0.292 e. The number of aromatic nitrogens is 2. The molecule has 4 heterocycles. The summed E-state index contributed by atoms with van der Waals surface area (Å²) in [7, 11) is 0. The third kappa shape index (κ3) is 2.54. The van der Waals surface area contributed by atoms with Crippen molar-refractivity contribution in [1.29, 1.82) is 0 Å². The zero-order chi connectivity index (χ0) is 17.8. The predicted octanol–water partition coefficient (Wildman–Crippen LogP) is 1.98. The van der Waals surface area contributed by atoms with Gasteiger partial charge in [0.05, 0.1) is 0 Å². The second-order valence-corrected chi connectivity index (χ2v) is 7.63. The lowest BCUT2D eigenvalue weighted by Gasteiger charge is -2.28. The standard InChI is InChI=1S/C24H22N3.ClH/c1-4-14-25(15-5-1)20-11-12-22-19(16-20)9-13-24-26(22)17-21-10-8-18-6-2-3-7-23(18)27(21)24;/h2-3,6-13,16-17H,1,4-5,14-15H2;1H/q+1;/p-1. The van der Waals surface area contributed by atoms with E-state index < -0.39 is 0 Å². The van der Waals surface area contributed by atoms with Crippen LogP contribution in [0.4, 0.5) is 5.69 Å². The smallest absolute Gasteiger partial charge is 0.292 e. The number of imidazole rings is 1. The second-order valence-electron chi connectivity index (χ2n) is 7.63. The van der Waals surface area contributed by atoms with Crippen LogP contribution in [0.15, 0.2) is 72.9 Å². The molecule has 5 aromatic rings. The van der Waals surface area contributed by atoms with E-state index in [1.165, 1.54) is 71.0 Å². The minimum atomic E-state index is 0. The summed E-state index contributed by atoms with van der Waals surface area (Å²) in [4.78, 5) is 2.53. The average Bonchev–Trinajstić information content (AvgIpc) is 3.13. The number of para-hydroxylation sites is 1. The van der Waals surface area contributed by atoms with Gasteiger partial charge in [0.15, 0.2) is 5.52 Å². The molecule has 0 saturated carbocycles. The first-order valence-corrected chi connectivity index (χ1v) is 9.91. The Labute approximate surface area is 170 Å². The highest BCUT2D eigenvalue weighted by atomic mass is 35.5. The normalized spacial score (nSPS) is 14.8. The van der Waals surface area contributed by atoms with E-state index in [1.54, 1.807) is 0 Å². The zero-order valence-corrected chi connectivity index (χ0v) is 16.4. The lowest BCUT2D eigenvalue weighted by Crippen LogP contribution is -3.00. The van der Waals surface area contributed by atoms with Gasteiger partial charge in [0.25, 0.3) is 5.65 Å². The van der Waals surface area contributed by atoms with E-state index in [0.29, 0.717) is 0 Å². The highest BCUT2D eigenvalue weighted by Crippen LogP contribution is 2.25. The van der Waals surface area contributed by atoms with Gasteiger partial charge in [-0.1, -0.05) is 18.2 Å². The fraction of sp³-hybridized carbons (Fsp3) is 0.208. The van der Waals surface area contributed by atoms with Crippen molar-refractivity contribution in [3.05, 3.63) is 72.9 Å². The molecule has 1 aliphatic heterocycles. The Morgan fingerprint density at radius 2 is 1.57 bits per heavy atom. The molecular weight excluding hydrogens is 366 g/mol. The number of hydrogen-bond acceptors (Lipinski definition) is 1. The van der Waals surface area contributed by atoms with Crippen LogP contribution in [0.25, 0.3) is 33.0 Å². The van der Waals surface area contributed by atoms with Crippen molar-refractivity contribution in [2.45, 2.75) is 19.3 Å². The molecule has 1 aliphatic rings. The first-order chi connectivity index (χ1) is 13.4. The molecule has 0 bridgehead atoms. The van der Waals surface area contributed by atoms with Gasteiger partial charge in [-0.3, -0.25) is 0 Å². The van der Waals surface area contributed by atoms with Crippen molar-refractivity contribution in [3.8, 4) is 0 Å². The summed E-state index contributed by atoms with van der Waals surface area (Å²) in [6.07, 6.45) is 6.24. The molecule has 0 spiro atoms. The number of anilines is 1. The monoisotopic (exact) mass is 387 g/mol. The van der Waals surface area contributed by atoms with Crippen LogP contribution in [0.2, 0.25) is 0 Å². The minimum Gasteiger partial charge on any atom is -1.00 e. The molecule has 28 heavy (non-hydrogen) atoms. The lowest BCUT2D eigenvalue weighted by molar-refractivity contribution is -0.479. The van der Waals surface area contributed by atoms with Crippen molar-refractivity contribution in [2.24, 2.45) is 0 Å². The number of rotatable bonds is 1. The van der Waals surface area contributed by atoms with Gasteiger partial charge >= 0.3 is 0 Å². The zero-order valence-electron chi connectivity index (χ0n) is 15.7. The van der Waals surface area contributed by atoms with Crippen molar-refractivity contribution < 1.29 is 16.8 Å². The van der Waals surface area contributed by atoms with Crippen molar-refractivity contribution in [1.82, 2.24) is 4.40 Å². The minimum absolute atomic E-state index is 0. The summed E-state index contributed by atoms with van der Waals surface area (Å²) < 4.78 is 4.68. The van der Waals surface area contributed by atoms with Crippen LogP contribution < -0.4 is 21.7 Å². The topological polar surface area (TPSA) is 11.8 Å². The molecule has 0 amide bonds. The summed E-state index contributed by atoms with van der Waals surface area (Å²) in [5, 5.41) is 2.57.